The fourth-order valence-corrected chi connectivity index (χ4v) is 3.57. The molecular weight excluding hydrogens is 272 g/mol. The molecule has 1 unspecified atom stereocenters. The molecule has 0 bridgehead atoms. The molecular formula is C18H28N4. The number of hydrogen-bond donors (Lipinski definition) is 0. The minimum Gasteiger partial charge on any atom is -0.312 e. The molecule has 1 aliphatic rings. The van der Waals surface area contributed by atoms with Crippen LogP contribution in [0.5, 0.6) is 0 Å². The number of rotatable bonds is 4. The first kappa shape index (κ1) is 15.5. The maximum absolute atomic E-state index is 4.82. The van der Waals surface area contributed by atoms with Crippen molar-refractivity contribution in [3.63, 3.8) is 0 Å². The molecule has 3 rings (SSSR count). The fourth-order valence-electron chi connectivity index (χ4n) is 3.57. The molecule has 2 aromatic rings. The maximum Gasteiger partial charge on any atom is 0.160 e. The van der Waals surface area contributed by atoms with Crippen LogP contribution in [0.1, 0.15) is 52.3 Å². The van der Waals surface area contributed by atoms with Crippen LogP contribution >= 0.6 is 0 Å². The number of nitrogens with zero attached hydrogens (tertiary/aromatic N) is 4. The van der Waals surface area contributed by atoms with Crippen LogP contribution < -0.4 is 0 Å². The number of fused-ring (bicyclic) bond motifs is 1. The van der Waals surface area contributed by atoms with Crippen LogP contribution in [0, 0.1) is 5.92 Å². The number of imidazole rings is 1. The van der Waals surface area contributed by atoms with Crippen LogP contribution in [-0.2, 0) is 6.54 Å². The molecule has 0 aromatic carbocycles. The molecule has 3 heterocycles. The topological polar surface area (TPSA) is 34.0 Å². The minimum absolute atomic E-state index is 0.430. The van der Waals surface area contributed by atoms with E-state index in [0.717, 1.165) is 17.7 Å². The highest BCUT2D eigenvalue weighted by Gasteiger charge is 2.24. The number of piperidine rings is 1. The Kier molecular flexibility index (Phi) is 4.48. The van der Waals surface area contributed by atoms with Gasteiger partial charge in [-0.25, -0.2) is 9.97 Å². The van der Waals surface area contributed by atoms with Crippen LogP contribution in [0.25, 0.3) is 11.2 Å². The normalized spacial score (nSPS) is 20.4. The summed E-state index contributed by atoms with van der Waals surface area (Å²) in [6.07, 6.45) is 4.50. The molecule has 1 saturated heterocycles. The Labute approximate surface area is 133 Å². The van der Waals surface area contributed by atoms with Gasteiger partial charge in [-0.2, -0.15) is 0 Å². The predicted molar refractivity (Wildman–Crippen MR) is 91.1 cm³/mol. The van der Waals surface area contributed by atoms with Crippen molar-refractivity contribution in [1.29, 1.82) is 0 Å². The first-order valence-electron chi connectivity index (χ1n) is 8.61. The third kappa shape index (κ3) is 3.02. The summed E-state index contributed by atoms with van der Waals surface area (Å²) in [6, 6.07) is 4.70. The Morgan fingerprint density at radius 3 is 2.82 bits per heavy atom. The molecule has 22 heavy (non-hydrogen) atoms. The van der Waals surface area contributed by atoms with Crippen LogP contribution in [0.15, 0.2) is 18.3 Å². The van der Waals surface area contributed by atoms with E-state index in [1.807, 2.05) is 12.3 Å². The van der Waals surface area contributed by atoms with Gasteiger partial charge in [0.05, 0.1) is 0 Å². The van der Waals surface area contributed by atoms with Crippen molar-refractivity contribution in [2.45, 2.75) is 59.0 Å². The van der Waals surface area contributed by atoms with E-state index in [2.05, 4.69) is 48.2 Å². The van der Waals surface area contributed by atoms with E-state index in [1.165, 1.54) is 31.8 Å². The molecule has 0 saturated carbocycles. The summed E-state index contributed by atoms with van der Waals surface area (Å²) in [4.78, 5) is 12.0. The van der Waals surface area contributed by atoms with E-state index in [4.69, 9.17) is 4.98 Å². The zero-order valence-corrected chi connectivity index (χ0v) is 14.3. The molecule has 1 aliphatic heterocycles. The lowest BCUT2D eigenvalue weighted by atomic mass is 9.96. The van der Waals surface area contributed by atoms with Crippen molar-refractivity contribution in [1.82, 2.24) is 19.4 Å². The van der Waals surface area contributed by atoms with E-state index in [1.54, 1.807) is 0 Å². The Morgan fingerprint density at radius 1 is 1.27 bits per heavy atom. The Morgan fingerprint density at radius 2 is 2.09 bits per heavy atom. The molecule has 0 amide bonds. The van der Waals surface area contributed by atoms with Gasteiger partial charge in [0.1, 0.15) is 11.3 Å². The van der Waals surface area contributed by atoms with E-state index >= 15 is 0 Å². The zero-order chi connectivity index (χ0) is 15.7. The quantitative estimate of drug-likeness (QED) is 0.864. The monoisotopic (exact) mass is 300 g/mol. The van der Waals surface area contributed by atoms with Crippen LogP contribution in [0.4, 0.5) is 0 Å². The summed E-state index contributed by atoms with van der Waals surface area (Å²) < 4.78 is 2.37. The Bertz CT molecular complexity index is 629. The van der Waals surface area contributed by atoms with Crippen molar-refractivity contribution in [3.05, 3.63) is 24.2 Å². The van der Waals surface area contributed by atoms with Crippen molar-refractivity contribution in [3.8, 4) is 0 Å². The smallest absolute Gasteiger partial charge is 0.160 e. The molecule has 4 nitrogen and oxygen atoms in total. The number of pyridine rings is 1. The van der Waals surface area contributed by atoms with Crippen molar-refractivity contribution < 1.29 is 0 Å². The van der Waals surface area contributed by atoms with Crippen LogP contribution in [0.2, 0.25) is 0 Å². The third-order valence-electron chi connectivity index (χ3n) is 4.77. The lowest BCUT2D eigenvalue weighted by Crippen LogP contribution is -2.41. The summed E-state index contributed by atoms with van der Waals surface area (Å²) >= 11 is 0. The number of aromatic nitrogens is 3. The molecule has 0 aliphatic carbocycles. The summed E-state index contributed by atoms with van der Waals surface area (Å²) in [5, 5.41) is 0. The molecule has 2 aromatic heterocycles. The maximum atomic E-state index is 4.82. The Hall–Kier alpha value is -1.42. The van der Waals surface area contributed by atoms with Crippen LogP contribution in [0.3, 0.4) is 0 Å². The lowest BCUT2D eigenvalue weighted by molar-refractivity contribution is 0.130. The second-order valence-electron chi connectivity index (χ2n) is 7.18. The van der Waals surface area contributed by atoms with Gasteiger partial charge in [0.15, 0.2) is 5.65 Å². The molecule has 4 heteroatoms. The largest absolute Gasteiger partial charge is 0.312 e. The standard InChI is InChI=1S/C18H28N4/c1-13(2)17-20-16-8-5-9-19-18(16)22(17)12-15-7-6-10-21(11-15)14(3)4/h5,8-9,13-15H,6-7,10-12H2,1-4H3. The molecule has 120 valence electrons. The fraction of sp³-hybridized carbons (Fsp3) is 0.667. The zero-order valence-electron chi connectivity index (χ0n) is 14.3. The molecule has 1 atom stereocenters. The van der Waals surface area contributed by atoms with Crippen molar-refractivity contribution >= 4 is 11.2 Å². The first-order valence-corrected chi connectivity index (χ1v) is 8.61. The van der Waals surface area contributed by atoms with E-state index in [0.29, 0.717) is 17.9 Å². The van der Waals surface area contributed by atoms with Gasteiger partial charge in [-0.05, 0) is 51.3 Å². The van der Waals surface area contributed by atoms with Gasteiger partial charge < -0.3 is 9.47 Å². The summed E-state index contributed by atoms with van der Waals surface area (Å²) in [5.74, 6) is 2.31. The minimum atomic E-state index is 0.430. The van der Waals surface area contributed by atoms with Crippen molar-refractivity contribution in [2.75, 3.05) is 13.1 Å². The number of hydrogen-bond acceptors (Lipinski definition) is 3. The SMILES string of the molecule is CC(C)c1nc2cccnc2n1CC1CCCN(C(C)C)C1. The molecule has 0 radical (unpaired) electrons. The summed E-state index contributed by atoms with van der Waals surface area (Å²) in [6.45, 7) is 12.5. The van der Waals surface area contributed by atoms with Crippen LogP contribution in [-0.4, -0.2) is 38.6 Å². The molecule has 1 fully saturated rings. The van der Waals surface area contributed by atoms with Gasteiger partial charge in [0.2, 0.25) is 0 Å². The summed E-state index contributed by atoms with van der Waals surface area (Å²) in [7, 11) is 0. The van der Waals surface area contributed by atoms with Gasteiger partial charge in [0, 0.05) is 31.2 Å². The Balaban J connectivity index is 1.88. The highest BCUT2D eigenvalue weighted by atomic mass is 15.2. The number of likely N-dealkylation sites (tertiary alicyclic amines) is 1. The van der Waals surface area contributed by atoms with Gasteiger partial charge in [0.25, 0.3) is 0 Å². The lowest BCUT2D eigenvalue weighted by Gasteiger charge is -2.35. The summed E-state index contributed by atoms with van der Waals surface area (Å²) in [5.41, 5.74) is 2.08. The van der Waals surface area contributed by atoms with Crippen molar-refractivity contribution in [2.24, 2.45) is 5.92 Å². The predicted octanol–water partition coefficient (Wildman–Crippen LogP) is 3.68. The average Bonchev–Trinajstić information content (AvgIpc) is 2.87. The van der Waals surface area contributed by atoms with Gasteiger partial charge in [-0.15, -0.1) is 0 Å². The van der Waals surface area contributed by atoms with Gasteiger partial charge in [-0.1, -0.05) is 13.8 Å². The highest BCUT2D eigenvalue weighted by Crippen LogP contribution is 2.25. The average molecular weight is 300 g/mol. The molecule has 0 N–H and O–H groups in total. The van der Waals surface area contributed by atoms with Gasteiger partial charge in [-0.3, -0.25) is 0 Å². The second kappa shape index (κ2) is 6.37. The molecule has 0 spiro atoms. The van der Waals surface area contributed by atoms with E-state index in [9.17, 15) is 0 Å². The highest BCUT2D eigenvalue weighted by molar-refractivity contribution is 5.71. The van der Waals surface area contributed by atoms with Gasteiger partial charge >= 0.3 is 0 Å². The second-order valence-corrected chi connectivity index (χ2v) is 7.18. The van der Waals surface area contributed by atoms with E-state index < -0.39 is 0 Å². The van der Waals surface area contributed by atoms with E-state index in [-0.39, 0.29) is 0 Å². The third-order valence-corrected chi connectivity index (χ3v) is 4.77. The first-order chi connectivity index (χ1) is 10.6.